The number of aryl methyl sites for hydroxylation is 1. The first-order valence-corrected chi connectivity index (χ1v) is 5.47. The number of likely N-dealkylation sites (tertiary alicyclic amines) is 1. The minimum absolute atomic E-state index is 0.129. The smallest absolute Gasteiger partial charge is 0.278 e. The van der Waals surface area contributed by atoms with Crippen molar-refractivity contribution >= 4 is 11.8 Å². The van der Waals surface area contributed by atoms with Gasteiger partial charge in [-0.1, -0.05) is 5.16 Å². The predicted octanol–water partition coefficient (Wildman–Crippen LogP) is -0.284. The van der Waals surface area contributed by atoms with E-state index >= 15 is 0 Å². The minimum atomic E-state index is -0.295. The summed E-state index contributed by atoms with van der Waals surface area (Å²) < 4.78 is 4.49. The van der Waals surface area contributed by atoms with Gasteiger partial charge in [0.25, 0.3) is 5.91 Å². The van der Waals surface area contributed by atoms with Gasteiger partial charge >= 0.3 is 0 Å². The molecule has 92 valence electrons. The first kappa shape index (κ1) is 11.6. The third-order valence-corrected chi connectivity index (χ3v) is 3.04. The number of carbonyl (C=O) groups is 2. The third kappa shape index (κ3) is 2.27. The van der Waals surface area contributed by atoms with Gasteiger partial charge in [0.15, 0.2) is 5.69 Å². The molecule has 0 radical (unpaired) electrons. The van der Waals surface area contributed by atoms with Crippen molar-refractivity contribution in [2.24, 2.45) is 11.7 Å². The highest BCUT2D eigenvalue weighted by Crippen LogP contribution is 2.18. The number of nitrogens with zero attached hydrogens (tertiary/aromatic N) is 3. The van der Waals surface area contributed by atoms with Gasteiger partial charge in [0, 0.05) is 19.0 Å². The van der Waals surface area contributed by atoms with Crippen molar-refractivity contribution in [1.29, 1.82) is 0 Å². The molecule has 1 fully saturated rings. The van der Waals surface area contributed by atoms with Crippen LogP contribution in [0, 0.1) is 12.8 Å². The first-order valence-electron chi connectivity index (χ1n) is 5.47. The van der Waals surface area contributed by atoms with Crippen LogP contribution in [0.3, 0.4) is 0 Å². The van der Waals surface area contributed by atoms with Gasteiger partial charge in [-0.15, -0.1) is 0 Å². The van der Waals surface area contributed by atoms with Gasteiger partial charge in [-0.05, 0) is 24.9 Å². The van der Waals surface area contributed by atoms with Crippen molar-refractivity contribution in [3.8, 4) is 0 Å². The van der Waals surface area contributed by atoms with Crippen LogP contribution in [0.25, 0.3) is 0 Å². The van der Waals surface area contributed by atoms with Crippen LogP contribution in [0.4, 0.5) is 0 Å². The first-order chi connectivity index (χ1) is 8.09. The van der Waals surface area contributed by atoms with E-state index in [4.69, 9.17) is 5.73 Å². The topological polar surface area (TPSA) is 102 Å². The van der Waals surface area contributed by atoms with Gasteiger partial charge in [-0.2, -0.15) is 0 Å². The normalized spacial score (nSPS) is 17.1. The summed E-state index contributed by atoms with van der Waals surface area (Å²) in [5.41, 5.74) is 5.94. The number of primary amides is 1. The van der Waals surface area contributed by atoms with E-state index < -0.39 is 0 Å². The molecule has 1 aliphatic heterocycles. The Balaban J connectivity index is 2.00. The van der Waals surface area contributed by atoms with Crippen LogP contribution >= 0.6 is 0 Å². The monoisotopic (exact) mass is 238 g/mol. The highest BCUT2D eigenvalue weighted by Gasteiger charge is 2.28. The Morgan fingerprint density at radius 1 is 1.35 bits per heavy atom. The SMILES string of the molecule is Cc1nonc1C(=O)N1CCC(C(N)=O)CC1. The number of hydrogen-bond donors (Lipinski definition) is 1. The lowest BCUT2D eigenvalue weighted by Gasteiger charge is -2.29. The second kappa shape index (κ2) is 4.52. The molecule has 0 bridgehead atoms. The van der Waals surface area contributed by atoms with Crippen LogP contribution in [0.5, 0.6) is 0 Å². The molecule has 17 heavy (non-hydrogen) atoms. The van der Waals surface area contributed by atoms with Gasteiger partial charge in [0.1, 0.15) is 5.69 Å². The summed E-state index contributed by atoms with van der Waals surface area (Å²) in [5, 5.41) is 7.14. The Kier molecular flexibility index (Phi) is 3.08. The van der Waals surface area contributed by atoms with Gasteiger partial charge in [-0.25, -0.2) is 4.63 Å². The van der Waals surface area contributed by atoms with E-state index in [1.54, 1.807) is 11.8 Å². The fraction of sp³-hybridized carbons (Fsp3) is 0.600. The van der Waals surface area contributed by atoms with Crippen molar-refractivity contribution < 1.29 is 14.2 Å². The fourth-order valence-corrected chi connectivity index (χ4v) is 1.94. The van der Waals surface area contributed by atoms with E-state index in [1.165, 1.54) is 0 Å². The average Bonchev–Trinajstić information content (AvgIpc) is 2.74. The Bertz CT molecular complexity index is 435. The van der Waals surface area contributed by atoms with Crippen molar-refractivity contribution in [1.82, 2.24) is 15.2 Å². The average molecular weight is 238 g/mol. The lowest BCUT2D eigenvalue weighted by atomic mass is 9.96. The molecule has 0 atom stereocenters. The summed E-state index contributed by atoms with van der Waals surface area (Å²) in [6.07, 6.45) is 1.21. The Morgan fingerprint density at radius 3 is 2.47 bits per heavy atom. The van der Waals surface area contributed by atoms with Crippen molar-refractivity contribution in [3.63, 3.8) is 0 Å². The number of amides is 2. The molecule has 1 aromatic heterocycles. The summed E-state index contributed by atoms with van der Waals surface area (Å²) in [6, 6.07) is 0. The number of carbonyl (C=O) groups excluding carboxylic acids is 2. The number of hydrogen-bond acceptors (Lipinski definition) is 5. The molecule has 0 aromatic carbocycles. The summed E-state index contributed by atoms with van der Waals surface area (Å²) in [5.74, 6) is -0.626. The maximum absolute atomic E-state index is 12.0. The summed E-state index contributed by atoms with van der Waals surface area (Å²) in [4.78, 5) is 24.6. The zero-order valence-corrected chi connectivity index (χ0v) is 9.55. The van der Waals surface area contributed by atoms with Crippen LogP contribution in [-0.2, 0) is 4.79 Å². The summed E-state index contributed by atoms with van der Waals surface area (Å²) >= 11 is 0. The van der Waals surface area contributed by atoms with Crippen LogP contribution in [0.2, 0.25) is 0 Å². The zero-order chi connectivity index (χ0) is 12.4. The highest BCUT2D eigenvalue weighted by molar-refractivity contribution is 5.93. The van der Waals surface area contributed by atoms with Gasteiger partial charge in [0.2, 0.25) is 5.91 Å². The van der Waals surface area contributed by atoms with Gasteiger partial charge in [0.05, 0.1) is 0 Å². The molecule has 1 saturated heterocycles. The zero-order valence-electron chi connectivity index (χ0n) is 9.55. The molecule has 1 aromatic rings. The van der Waals surface area contributed by atoms with Gasteiger partial charge < -0.3 is 10.6 Å². The largest absolute Gasteiger partial charge is 0.369 e. The summed E-state index contributed by atoms with van der Waals surface area (Å²) in [6.45, 7) is 2.69. The Morgan fingerprint density at radius 2 is 2.00 bits per heavy atom. The van der Waals surface area contributed by atoms with E-state index in [0.29, 0.717) is 31.6 Å². The molecule has 2 rings (SSSR count). The minimum Gasteiger partial charge on any atom is -0.369 e. The molecular weight excluding hydrogens is 224 g/mol. The van der Waals surface area contributed by atoms with Crippen molar-refractivity contribution in [2.45, 2.75) is 19.8 Å². The molecule has 7 heteroatoms. The number of rotatable bonds is 2. The van der Waals surface area contributed by atoms with E-state index in [1.807, 2.05) is 0 Å². The van der Waals surface area contributed by atoms with E-state index in [2.05, 4.69) is 14.9 Å². The predicted molar refractivity (Wildman–Crippen MR) is 56.9 cm³/mol. The van der Waals surface area contributed by atoms with E-state index in [-0.39, 0.29) is 23.4 Å². The number of aromatic nitrogens is 2. The molecule has 1 aliphatic rings. The highest BCUT2D eigenvalue weighted by atomic mass is 16.6. The molecule has 2 heterocycles. The molecule has 0 saturated carbocycles. The standard InChI is InChI=1S/C10H14N4O3/c1-6-8(13-17-12-6)10(16)14-4-2-7(3-5-14)9(11)15/h7H,2-5H2,1H3,(H2,11,15). The lowest BCUT2D eigenvalue weighted by Crippen LogP contribution is -2.42. The fourth-order valence-electron chi connectivity index (χ4n) is 1.94. The molecule has 0 spiro atoms. The lowest BCUT2D eigenvalue weighted by molar-refractivity contribution is -0.123. The second-order valence-electron chi connectivity index (χ2n) is 4.17. The van der Waals surface area contributed by atoms with Crippen LogP contribution in [0.1, 0.15) is 29.0 Å². The summed E-state index contributed by atoms with van der Waals surface area (Å²) in [7, 11) is 0. The molecule has 0 aliphatic carbocycles. The number of piperidine rings is 1. The van der Waals surface area contributed by atoms with Crippen molar-refractivity contribution in [2.75, 3.05) is 13.1 Å². The third-order valence-electron chi connectivity index (χ3n) is 3.04. The second-order valence-corrected chi connectivity index (χ2v) is 4.17. The van der Waals surface area contributed by atoms with Crippen molar-refractivity contribution in [3.05, 3.63) is 11.4 Å². The van der Waals surface area contributed by atoms with Crippen LogP contribution in [0.15, 0.2) is 4.63 Å². The van der Waals surface area contributed by atoms with Crippen LogP contribution < -0.4 is 5.73 Å². The maximum Gasteiger partial charge on any atom is 0.278 e. The quantitative estimate of drug-likeness (QED) is 0.763. The Labute approximate surface area is 97.9 Å². The molecule has 2 amide bonds. The maximum atomic E-state index is 12.0. The molecule has 7 nitrogen and oxygen atoms in total. The molecule has 0 unspecified atom stereocenters. The van der Waals surface area contributed by atoms with E-state index in [9.17, 15) is 9.59 Å². The molecule has 2 N–H and O–H groups in total. The molecular formula is C10H14N4O3. The Hall–Kier alpha value is -1.92. The van der Waals surface area contributed by atoms with E-state index in [0.717, 1.165) is 0 Å². The number of nitrogens with two attached hydrogens (primary N) is 1. The van der Waals surface area contributed by atoms with Crippen LogP contribution in [-0.4, -0.2) is 40.1 Å². The van der Waals surface area contributed by atoms with Gasteiger partial charge in [-0.3, -0.25) is 9.59 Å².